The van der Waals surface area contributed by atoms with Crippen LogP contribution in [-0.2, 0) is 9.59 Å². The van der Waals surface area contributed by atoms with Crippen LogP contribution in [0, 0.1) is 0 Å². The zero-order chi connectivity index (χ0) is 15.0. The monoisotopic (exact) mass is 384 g/mol. The van der Waals surface area contributed by atoms with Crippen molar-refractivity contribution in [2.24, 2.45) is 0 Å². The van der Waals surface area contributed by atoms with Gasteiger partial charge in [0, 0.05) is 0 Å². The van der Waals surface area contributed by atoms with E-state index in [4.69, 9.17) is 79.8 Å². The summed E-state index contributed by atoms with van der Waals surface area (Å²) in [6, 6.07) is 0. The maximum atomic E-state index is 11.3. The average Bonchev–Trinajstić information content (AvgIpc) is 2.48. The van der Waals surface area contributed by atoms with E-state index in [9.17, 15) is 9.59 Å². The van der Waals surface area contributed by atoms with Gasteiger partial charge < -0.3 is 10.2 Å². The highest BCUT2D eigenvalue weighted by Crippen LogP contribution is 2.74. The van der Waals surface area contributed by atoms with E-state index in [1.807, 2.05) is 0 Å². The molecule has 2 N–H and O–H groups in total. The van der Waals surface area contributed by atoms with Crippen LogP contribution >= 0.6 is 69.6 Å². The van der Waals surface area contributed by atoms with Crippen molar-refractivity contribution in [3.63, 3.8) is 0 Å². The van der Waals surface area contributed by atoms with Gasteiger partial charge in [-0.15, -0.1) is 23.2 Å². The van der Waals surface area contributed by atoms with Crippen molar-refractivity contribution >= 4 is 81.5 Å². The third kappa shape index (κ3) is 1.40. The lowest BCUT2D eigenvalue weighted by atomic mass is 9.96. The lowest BCUT2D eigenvalue weighted by Gasteiger charge is -2.32. The molecule has 0 unspecified atom stereocenters. The number of rotatable bonds is 2. The number of allylic oxidation sites excluding steroid dienone is 2. The van der Waals surface area contributed by atoms with Crippen LogP contribution in [0.3, 0.4) is 0 Å². The van der Waals surface area contributed by atoms with Gasteiger partial charge in [-0.1, -0.05) is 46.4 Å². The van der Waals surface area contributed by atoms with Crippen LogP contribution in [-0.4, -0.2) is 36.2 Å². The number of hydrogen-bond donors (Lipinski definition) is 2. The fourth-order valence-electron chi connectivity index (χ4n) is 2.20. The van der Waals surface area contributed by atoms with Crippen molar-refractivity contribution < 1.29 is 19.8 Å². The van der Waals surface area contributed by atoms with Crippen LogP contribution in [0.5, 0.6) is 0 Å². The lowest BCUT2D eigenvalue weighted by molar-refractivity contribution is -0.136. The van der Waals surface area contributed by atoms with Gasteiger partial charge in [-0.2, -0.15) is 0 Å². The molecule has 2 aliphatic rings. The molecule has 0 saturated heterocycles. The number of halogens is 6. The summed E-state index contributed by atoms with van der Waals surface area (Å²) in [7, 11) is 0. The molecule has 10 heteroatoms. The highest BCUT2D eigenvalue weighted by Gasteiger charge is 2.80. The van der Waals surface area contributed by atoms with E-state index in [0.717, 1.165) is 0 Å². The Balaban J connectivity index is 2.95. The Morgan fingerprint density at radius 3 is 1.26 bits per heavy atom. The Morgan fingerprint density at radius 1 is 0.789 bits per heavy atom. The third-order valence-corrected chi connectivity index (χ3v) is 7.11. The minimum atomic E-state index is -2.25. The van der Waals surface area contributed by atoms with Gasteiger partial charge in [0.15, 0.2) is 4.33 Å². The van der Waals surface area contributed by atoms with Crippen molar-refractivity contribution in [1.29, 1.82) is 0 Å². The second-order valence-electron chi connectivity index (χ2n) is 3.88. The van der Waals surface area contributed by atoms with Crippen molar-refractivity contribution in [2.75, 3.05) is 0 Å². The summed E-state index contributed by atoms with van der Waals surface area (Å²) in [4.78, 5) is 18.1. The smallest absolute Gasteiger partial charge is 0.334 e. The van der Waals surface area contributed by atoms with Gasteiger partial charge >= 0.3 is 11.9 Å². The minimum absolute atomic E-state index is 0.404. The quantitative estimate of drug-likeness (QED) is 0.714. The van der Waals surface area contributed by atoms with E-state index < -0.39 is 47.2 Å². The molecule has 0 saturated carbocycles. The highest BCUT2D eigenvalue weighted by atomic mass is 35.5. The summed E-state index contributed by atoms with van der Waals surface area (Å²) in [5.74, 6) is -3.30. The highest BCUT2D eigenvalue weighted by molar-refractivity contribution is 6.68. The van der Waals surface area contributed by atoms with Gasteiger partial charge in [0.25, 0.3) is 0 Å². The molecule has 0 radical (unpaired) electrons. The summed E-state index contributed by atoms with van der Waals surface area (Å²) >= 11 is 35.9. The molecule has 2 rings (SSSR count). The molecule has 0 aromatic rings. The van der Waals surface area contributed by atoms with Gasteiger partial charge in [0.05, 0.1) is 21.2 Å². The summed E-state index contributed by atoms with van der Waals surface area (Å²) in [6.07, 6.45) is 0. The van der Waals surface area contributed by atoms with Gasteiger partial charge in [0.2, 0.25) is 0 Å². The topological polar surface area (TPSA) is 74.6 Å². The van der Waals surface area contributed by atoms with E-state index in [2.05, 4.69) is 0 Å². The molecule has 0 fully saturated rings. The molecule has 4 nitrogen and oxygen atoms in total. The molecule has 0 spiro atoms. The van der Waals surface area contributed by atoms with E-state index >= 15 is 0 Å². The molecule has 2 bridgehead atoms. The number of carboxylic acids is 2. The Labute approximate surface area is 136 Å². The molecular weight excluding hydrogens is 385 g/mol. The number of fused-ring (bicyclic) bond motifs is 2. The van der Waals surface area contributed by atoms with Crippen LogP contribution in [0.2, 0.25) is 0 Å². The van der Waals surface area contributed by atoms with Gasteiger partial charge in [-0.25, -0.2) is 9.59 Å². The number of alkyl halides is 4. The third-order valence-electron chi connectivity index (χ3n) is 3.03. The molecule has 104 valence electrons. The first-order valence-corrected chi connectivity index (χ1v) is 6.76. The Hall–Kier alpha value is 0.160. The molecule has 0 heterocycles. The molecule has 19 heavy (non-hydrogen) atoms. The van der Waals surface area contributed by atoms with Crippen LogP contribution in [0.4, 0.5) is 0 Å². The summed E-state index contributed by atoms with van der Waals surface area (Å²) in [5.41, 5.74) is -1.59. The molecule has 0 aliphatic heterocycles. The van der Waals surface area contributed by atoms with Crippen LogP contribution in [0.1, 0.15) is 0 Å². The van der Waals surface area contributed by atoms with Crippen molar-refractivity contribution in [2.45, 2.75) is 14.1 Å². The average molecular weight is 387 g/mol. The Morgan fingerprint density at radius 2 is 1.05 bits per heavy atom. The van der Waals surface area contributed by atoms with Gasteiger partial charge in [-0.05, 0) is 0 Å². The van der Waals surface area contributed by atoms with Gasteiger partial charge in [0.1, 0.15) is 9.75 Å². The zero-order valence-electron chi connectivity index (χ0n) is 8.48. The van der Waals surface area contributed by atoms with E-state index in [1.165, 1.54) is 0 Å². The fraction of sp³-hybridized carbons (Fsp3) is 0.333. The zero-order valence-corrected chi connectivity index (χ0v) is 13.0. The maximum Gasteiger partial charge on any atom is 0.334 e. The van der Waals surface area contributed by atoms with Crippen molar-refractivity contribution in [1.82, 2.24) is 0 Å². The fourth-order valence-corrected chi connectivity index (χ4v) is 4.88. The first kappa shape index (κ1) is 15.5. The molecule has 0 aromatic carbocycles. The normalized spacial score (nSPS) is 36.1. The molecule has 0 amide bonds. The largest absolute Gasteiger partial charge is 0.478 e. The van der Waals surface area contributed by atoms with Crippen molar-refractivity contribution in [3.05, 3.63) is 21.2 Å². The Kier molecular flexibility index (Phi) is 3.35. The number of aliphatic carboxylic acids is 2. The van der Waals surface area contributed by atoms with Crippen molar-refractivity contribution in [3.8, 4) is 0 Å². The van der Waals surface area contributed by atoms with Gasteiger partial charge in [-0.3, -0.25) is 0 Å². The Bertz CT molecular complexity index is 546. The van der Waals surface area contributed by atoms with Crippen LogP contribution in [0.15, 0.2) is 21.2 Å². The maximum absolute atomic E-state index is 11.3. The van der Waals surface area contributed by atoms with E-state index in [-0.39, 0.29) is 0 Å². The SMILES string of the molecule is O=C(O)C1=C(C(=O)O)[C@]2(Cl)C(Cl)=C(Cl)[C@]1(Cl)C2(Cl)Cl. The summed E-state index contributed by atoms with van der Waals surface area (Å²) in [6.45, 7) is 0. The second kappa shape index (κ2) is 4.09. The molecule has 2 aliphatic carbocycles. The molecule has 2 atom stereocenters. The summed E-state index contributed by atoms with van der Waals surface area (Å²) in [5, 5.41) is 17.5. The molecule has 0 aromatic heterocycles. The number of carboxylic acid groups (broad SMARTS) is 2. The number of hydrogen-bond acceptors (Lipinski definition) is 2. The first-order valence-electron chi connectivity index (χ1n) is 4.49. The predicted octanol–water partition coefficient (Wildman–Crippen LogP) is 3.30. The number of carbonyl (C=O) groups is 2. The lowest BCUT2D eigenvalue weighted by Crippen LogP contribution is -2.46. The van der Waals surface area contributed by atoms with Crippen LogP contribution < -0.4 is 0 Å². The first-order chi connectivity index (χ1) is 8.45. The minimum Gasteiger partial charge on any atom is -0.478 e. The van der Waals surface area contributed by atoms with E-state index in [0.29, 0.717) is 0 Å². The van der Waals surface area contributed by atoms with E-state index in [1.54, 1.807) is 0 Å². The van der Waals surface area contributed by atoms with Crippen LogP contribution in [0.25, 0.3) is 0 Å². The second-order valence-corrected chi connectivity index (χ2v) is 7.10. The summed E-state index contributed by atoms with van der Waals surface area (Å²) < 4.78 is -2.25. The standard InChI is InChI=1S/C9H2Cl6O4/c10-3-4(11)8(13)2(6(18)19)1(5(16)17)7(3,12)9(8,14)15/h(H,16,17)(H,18,19)/t7-,8-/m0/s1. The molecular formula is C9H2Cl6O4. The predicted molar refractivity (Wildman–Crippen MR) is 72.6 cm³/mol.